The van der Waals surface area contributed by atoms with Crippen LogP contribution in [-0.4, -0.2) is 13.1 Å². The lowest BCUT2D eigenvalue weighted by molar-refractivity contribution is 0.348. The van der Waals surface area contributed by atoms with Crippen LogP contribution < -0.4 is 5.32 Å². The first-order valence-corrected chi connectivity index (χ1v) is 5.04. The molecule has 2 heterocycles. The Labute approximate surface area is 75.4 Å². The Kier molecular flexibility index (Phi) is 2.16. The molecule has 2 rings (SSSR count). The fourth-order valence-corrected chi connectivity index (χ4v) is 2.43. The van der Waals surface area contributed by atoms with Crippen LogP contribution >= 0.6 is 22.9 Å². The second-order valence-electron chi connectivity index (χ2n) is 2.96. The molecule has 1 saturated heterocycles. The molecule has 1 aromatic rings. The monoisotopic (exact) mass is 187 g/mol. The van der Waals surface area contributed by atoms with Gasteiger partial charge in [-0.1, -0.05) is 11.6 Å². The highest BCUT2D eigenvalue weighted by Gasteiger charge is 2.17. The molecule has 0 saturated carbocycles. The van der Waals surface area contributed by atoms with E-state index < -0.39 is 0 Å². The second kappa shape index (κ2) is 3.13. The van der Waals surface area contributed by atoms with Gasteiger partial charge in [-0.15, -0.1) is 11.3 Å². The minimum Gasteiger partial charge on any atom is -0.316 e. The smallest absolute Gasteiger partial charge is 0.0515 e. The predicted octanol–water partition coefficient (Wildman–Crippen LogP) is 2.16. The van der Waals surface area contributed by atoms with E-state index in [9.17, 15) is 0 Å². The first kappa shape index (κ1) is 7.59. The number of halogens is 1. The maximum atomic E-state index is 5.80. The van der Waals surface area contributed by atoms with Crippen molar-refractivity contribution in [3.05, 3.63) is 21.3 Å². The summed E-state index contributed by atoms with van der Waals surface area (Å²) in [5.74, 6) is 0.852. The summed E-state index contributed by atoms with van der Waals surface area (Å²) in [4.78, 5) is 1.42. The van der Waals surface area contributed by atoms with Crippen molar-refractivity contribution < 1.29 is 0 Å². The van der Waals surface area contributed by atoms with Gasteiger partial charge in [-0.05, 0) is 31.5 Å². The van der Waals surface area contributed by atoms with E-state index in [0.717, 1.165) is 10.9 Å². The summed E-state index contributed by atoms with van der Waals surface area (Å²) < 4.78 is 0. The Morgan fingerprint density at radius 3 is 2.91 bits per heavy atom. The highest BCUT2D eigenvalue weighted by atomic mass is 35.5. The number of hydrogen-bond acceptors (Lipinski definition) is 2. The first-order chi connectivity index (χ1) is 5.34. The third-order valence-corrected chi connectivity index (χ3v) is 3.28. The fraction of sp³-hybridized carbons (Fsp3) is 0.500. The van der Waals surface area contributed by atoms with Gasteiger partial charge in [-0.3, -0.25) is 0 Å². The molecule has 0 aromatic carbocycles. The van der Waals surface area contributed by atoms with Crippen molar-refractivity contribution in [1.82, 2.24) is 5.32 Å². The topological polar surface area (TPSA) is 12.0 Å². The SMILES string of the molecule is Clc1csc(CC2CNC2)c1. The van der Waals surface area contributed by atoms with E-state index in [-0.39, 0.29) is 0 Å². The zero-order valence-corrected chi connectivity index (χ0v) is 7.71. The minimum atomic E-state index is 0.852. The minimum absolute atomic E-state index is 0.852. The van der Waals surface area contributed by atoms with Crippen LogP contribution in [0.3, 0.4) is 0 Å². The Morgan fingerprint density at radius 1 is 1.64 bits per heavy atom. The zero-order chi connectivity index (χ0) is 7.68. The van der Waals surface area contributed by atoms with Gasteiger partial charge in [0.15, 0.2) is 0 Å². The molecule has 1 fully saturated rings. The first-order valence-electron chi connectivity index (χ1n) is 3.78. The molecule has 0 spiro atoms. The molecule has 3 heteroatoms. The predicted molar refractivity (Wildman–Crippen MR) is 49.4 cm³/mol. The summed E-state index contributed by atoms with van der Waals surface area (Å²) >= 11 is 7.57. The second-order valence-corrected chi connectivity index (χ2v) is 4.39. The summed E-state index contributed by atoms with van der Waals surface area (Å²) in [5, 5.41) is 6.15. The molecule has 1 aliphatic rings. The third kappa shape index (κ3) is 1.75. The number of nitrogens with one attached hydrogen (secondary N) is 1. The van der Waals surface area contributed by atoms with Crippen LogP contribution in [0.25, 0.3) is 0 Å². The average molecular weight is 188 g/mol. The summed E-state index contributed by atoms with van der Waals surface area (Å²) in [5.41, 5.74) is 0. The van der Waals surface area contributed by atoms with E-state index in [4.69, 9.17) is 11.6 Å². The van der Waals surface area contributed by atoms with Crippen molar-refractivity contribution >= 4 is 22.9 Å². The fourth-order valence-electron chi connectivity index (χ4n) is 1.24. The van der Waals surface area contributed by atoms with Crippen molar-refractivity contribution in [3.8, 4) is 0 Å². The summed E-state index contributed by atoms with van der Waals surface area (Å²) in [7, 11) is 0. The van der Waals surface area contributed by atoms with Gasteiger partial charge in [0.1, 0.15) is 0 Å². The lowest BCUT2D eigenvalue weighted by Crippen LogP contribution is -2.42. The van der Waals surface area contributed by atoms with Gasteiger partial charge in [0, 0.05) is 10.3 Å². The lowest BCUT2D eigenvalue weighted by Gasteiger charge is -2.26. The summed E-state index contributed by atoms with van der Waals surface area (Å²) in [6.45, 7) is 2.35. The summed E-state index contributed by atoms with van der Waals surface area (Å²) in [6, 6.07) is 2.07. The van der Waals surface area contributed by atoms with Gasteiger partial charge in [-0.2, -0.15) is 0 Å². The van der Waals surface area contributed by atoms with Crippen LogP contribution in [0, 0.1) is 5.92 Å². The number of hydrogen-bond donors (Lipinski definition) is 1. The van der Waals surface area contributed by atoms with Gasteiger partial charge < -0.3 is 5.32 Å². The van der Waals surface area contributed by atoms with E-state index in [1.807, 2.05) is 5.38 Å². The Balaban J connectivity index is 1.95. The van der Waals surface area contributed by atoms with E-state index in [0.29, 0.717) is 0 Å². The number of thiophene rings is 1. The van der Waals surface area contributed by atoms with Gasteiger partial charge in [0.2, 0.25) is 0 Å². The molecule has 1 aliphatic heterocycles. The van der Waals surface area contributed by atoms with Crippen LogP contribution in [0.5, 0.6) is 0 Å². The third-order valence-electron chi connectivity index (χ3n) is 1.98. The molecule has 0 radical (unpaired) electrons. The molecule has 0 aliphatic carbocycles. The van der Waals surface area contributed by atoms with E-state index >= 15 is 0 Å². The van der Waals surface area contributed by atoms with Crippen LogP contribution in [0.4, 0.5) is 0 Å². The Morgan fingerprint density at radius 2 is 2.45 bits per heavy atom. The molecule has 0 unspecified atom stereocenters. The van der Waals surface area contributed by atoms with Crippen molar-refractivity contribution in [2.45, 2.75) is 6.42 Å². The lowest BCUT2D eigenvalue weighted by atomic mass is 9.99. The average Bonchev–Trinajstić information content (AvgIpc) is 2.27. The summed E-state index contributed by atoms with van der Waals surface area (Å²) in [6.07, 6.45) is 1.20. The molecule has 1 nitrogen and oxygen atoms in total. The zero-order valence-electron chi connectivity index (χ0n) is 6.14. The molecule has 11 heavy (non-hydrogen) atoms. The van der Waals surface area contributed by atoms with Crippen LogP contribution in [0.15, 0.2) is 11.4 Å². The van der Waals surface area contributed by atoms with Crippen molar-refractivity contribution in [3.63, 3.8) is 0 Å². The van der Waals surface area contributed by atoms with Crippen LogP contribution in [0.2, 0.25) is 5.02 Å². The van der Waals surface area contributed by atoms with Crippen molar-refractivity contribution in [2.24, 2.45) is 5.92 Å². The van der Waals surface area contributed by atoms with Gasteiger partial charge in [0.25, 0.3) is 0 Å². The highest BCUT2D eigenvalue weighted by Crippen LogP contribution is 2.22. The van der Waals surface area contributed by atoms with Crippen molar-refractivity contribution in [2.75, 3.05) is 13.1 Å². The molecular weight excluding hydrogens is 178 g/mol. The van der Waals surface area contributed by atoms with Crippen LogP contribution in [0.1, 0.15) is 4.88 Å². The quantitative estimate of drug-likeness (QED) is 0.749. The maximum absolute atomic E-state index is 5.80. The molecule has 60 valence electrons. The molecular formula is C8H10ClNS. The molecule has 1 aromatic heterocycles. The normalized spacial score (nSPS) is 18.3. The largest absolute Gasteiger partial charge is 0.316 e. The maximum Gasteiger partial charge on any atom is 0.0515 e. The van der Waals surface area contributed by atoms with Gasteiger partial charge >= 0.3 is 0 Å². The van der Waals surface area contributed by atoms with Gasteiger partial charge in [-0.25, -0.2) is 0 Å². The van der Waals surface area contributed by atoms with Gasteiger partial charge in [0.05, 0.1) is 5.02 Å². The molecule has 0 amide bonds. The molecule has 0 atom stereocenters. The van der Waals surface area contributed by atoms with E-state index in [1.165, 1.54) is 24.4 Å². The van der Waals surface area contributed by atoms with Crippen molar-refractivity contribution in [1.29, 1.82) is 0 Å². The van der Waals surface area contributed by atoms with Crippen LogP contribution in [-0.2, 0) is 6.42 Å². The number of rotatable bonds is 2. The molecule has 0 bridgehead atoms. The highest BCUT2D eigenvalue weighted by molar-refractivity contribution is 7.10. The standard InChI is InChI=1S/C8H10ClNS/c9-7-2-8(11-5-7)1-6-3-10-4-6/h2,5-6,10H,1,3-4H2. The Hall–Kier alpha value is -0.0500. The van der Waals surface area contributed by atoms with E-state index in [1.54, 1.807) is 11.3 Å². The van der Waals surface area contributed by atoms with E-state index in [2.05, 4.69) is 11.4 Å². The molecule has 1 N–H and O–H groups in total. The Bertz CT molecular complexity index is 242.